The quantitative estimate of drug-likeness (QED) is 0.450. The molecule has 2 aromatic rings. The summed E-state index contributed by atoms with van der Waals surface area (Å²) >= 11 is 4.63. The monoisotopic (exact) mass is 530 g/mol. The molecule has 8 nitrogen and oxygen atoms in total. The summed E-state index contributed by atoms with van der Waals surface area (Å²) < 4.78 is 11.8. The number of ether oxygens (including phenoxy) is 2. The minimum Gasteiger partial charge on any atom is -0.456 e. The number of nitrogens with one attached hydrogen (secondary N) is 1. The molecule has 4 atom stereocenters. The summed E-state index contributed by atoms with van der Waals surface area (Å²) in [6.07, 6.45) is 0.129. The highest BCUT2D eigenvalue weighted by Gasteiger charge is 2.75. The molecule has 0 aliphatic carbocycles. The molecule has 33 heavy (non-hydrogen) atoms. The maximum Gasteiger partial charge on any atom is 0.374 e. The highest BCUT2D eigenvalue weighted by atomic mass is 79.9. The van der Waals surface area contributed by atoms with Crippen LogP contribution in [0.1, 0.15) is 17.5 Å². The number of benzene rings is 2. The average Bonchev–Trinajstić information content (AvgIpc) is 3.27. The first-order valence-corrected chi connectivity index (χ1v) is 12.1. The number of hydrogen-bond donors (Lipinski definition) is 1. The first kappa shape index (κ1) is 22.0. The van der Waals surface area contributed by atoms with Gasteiger partial charge < -0.3 is 14.8 Å². The van der Waals surface area contributed by atoms with Crippen LogP contribution in [-0.4, -0.2) is 51.0 Å². The van der Waals surface area contributed by atoms with E-state index in [2.05, 4.69) is 21.2 Å². The number of thioether (sulfide) groups is 1. The fraction of sp³-hybridized carbons (Fsp3) is 0.304. The molecule has 3 fully saturated rings. The number of hydrogen-bond acceptors (Lipinski definition) is 7. The molecule has 3 aliphatic heterocycles. The van der Waals surface area contributed by atoms with Gasteiger partial charge in [-0.3, -0.25) is 19.3 Å². The van der Waals surface area contributed by atoms with Crippen LogP contribution in [0.3, 0.4) is 0 Å². The lowest BCUT2D eigenvalue weighted by molar-refractivity contribution is -0.208. The van der Waals surface area contributed by atoms with Gasteiger partial charge in [0.15, 0.2) is 0 Å². The third-order valence-electron chi connectivity index (χ3n) is 5.86. The van der Waals surface area contributed by atoms with Crippen LogP contribution in [0, 0.1) is 0 Å². The topological polar surface area (TPSA) is 102 Å². The summed E-state index contributed by atoms with van der Waals surface area (Å²) in [5.74, 6) is -2.10. The Labute approximate surface area is 202 Å². The molecule has 0 unspecified atom stereocenters. The van der Waals surface area contributed by atoms with Gasteiger partial charge in [-0.2, -0.15) is 0 Å². The maximum atomic E-state index is 13.1. The van der Waals surface area contributed by atoms with Crippen LogP contribution in [0.5, 0.6) is 0 Å². The fourth-order valence-corrected chi connectivity index (χ4v) is 6.28. The largest absolute Gasteiger partial charge is 0.456 e. The Morgan fingerprint density at radius 2 is 1.85 bits per heavy atom. The number of β-lactam (4-membered cyclic amide) rings is 1. The van der Waals surface area contributed by atoms with Gasteiger partial charge in [-0.05, 0) is 23.3 Å². The number of rotatable bonds is 6. The Balaban J connectivity index is 1.28. The molecule has 3 heterocycles. The lowest BCUT2D eigenvalue weighted by atomic mass is 9.98. The normalized spacial score (nSPS) is 27.3. The molecule has 1 N–H and O–H groups in total. The van der Waals surface area contributed by atoms with Crippen LogP contribution in [0.4, 0.5) is 0 Å². The predicted octanol–water partition coefficient (Wildman–Crippen LogP) is 2.15. The molecule has 10 heteroatoms. The highest BCUT2D eigenvalue weighted by molar-refractivity contribution is 9.10. The van der Waals surface area contributed by atoms with E-state index in [0.717, 1.165) is 15.6 Å². The minimum atomic E-state index is -1.79. The van der Waals surface area contributed by atoms with Crippen molar-refractivity contribution in [3.05, 3.63) is 70.2 Å². The molecule has 3 saturated heterocycles. The average molecular weight is 531 g/mol. The van der Waals surface area contributed by atoms with Crippen molar-refractivity contribution in [2.75, 3.05) is 0 Å². The minimum absolute atomic E-state index is 0.0109. The first-order valence-electron chi connectivity index (χ1n) is 10.3. The van der Waals surface area contributed by atoms with E-state index in [1.165, 1.54) is 16.7 Å². The van der Waals surface area contributed by atoms with Gasteiger partial charge in [-0.15, -0.1) is 11.8 Å². The van der Waals surface area contributed by atoms with Crippen LogP contribution < -0.4 is 5.32 Å². The third kappa shape index (κ3) is 3.80. The van der Waals surface area contributed by atoms with E-state index < -0.39 is 40.2 Å². The molecule has 0 saturated carbocycles. The summed E-state index contributed by atoms with van der Waals surface area (Å²) in [6.45, 7) is -0.0211. The van der Waals surface area contributed by atoms with E-state index in [1.807, 2.05) is 42.5 Å². The van der Waals surface area contributed by atoms with E-state index in [9.17, 15) is 19.2 Å². The SMILES string of the molecule is O=C(Cc1ccccc1)N[C@@H]1C(=O)N2[C@@H]1S[C@H]1CC(=O)O[C@]12C(=O)OCc1ccc(Br)cc1. The summed E-state index contributed by atoms with van der Waals surface area (Å²) in [6, 6.07) is 15.7. The number of fused-ring (bicyclic) bond motifs is 3. The summed E-state index contributed by atoms with van der Waals surface area (Å²) in [5.41, 5.74) is -0.206. The first-order chi connectivity index (χ1) is 15.9. The number of nitrogens with zero attached hydrogens (tertiary/aromatic N) is 1. The van der Waals surface area contributed by atoms with Gasteiger partial charge in [0.05, 0.1) is 18.1 Å². The Hall–Kier alpha value is -2.85. The maximum absolute atomic E-state index is 13.1. The zero-order valence-corrected chi connectivity index (χ0v) is 19.6. The molecule has 0 spiro atoms. The molecular weight excluding hydrogens is 512 g/mol. The molecular formula is C23H19BrN2O6S. The number of esters is 2. The van der Waals surface area contributed by atoms with Crippen molar-refractivity contribution in [2.24, 2.45) is 0 Å². The number of halogens is 1. The second-order valence-electron chi connectivity index (χ2n) is 8.01. The molecule has 170 valence electrons. The van der Waals surface area contributed by atoms with Gasteiger partial charge in [0, 0.05) is 4.47 Å². The van der Waals surface area contributed by atoms with E-state index in [4.69, 9.17) is 9.47 Å². The van der Waals surface area contributed by atoms with Crippen LogP contribution in [0.2, 0.25) is 0 Å². The van der Waals surface area contributed by atoms with Crippen LogP contribution in [-0.2, 0) is 41.7 Å². The van der Waals surface area contributed by atoms with E-state index >= 15 is 0 Å². The van der Waals surface area contributed by atoms with E-state index in [-0.39, 0.29) is 25.4 Å². The van der Waals surface area contributed by atoms with Crippen molar-refractivity contribution in [1.82, 2.24) is 10.2 Å². The van der Waals surface area contributed by atoms with Gasteiger partial charge in [-0.1, -0.05) is 58.4 Å². The van der Waals surface area contributed by atoms with E-state index in [0.29, 0.717) is 0 Å². The van der Waals surface area contributed by atoms with Crippen molar-refractivity contribution in [2.45, 2.75) is 41.8 Å². The van der Waals surface area contributed by atoms with E-state index in [1.54, 1.807) is 12.1 Å². The molecule has 5 rings (SSSR count). The highest BCUT2D eigenvalue weighted by Crippen LogP contribution is 2.55. The zero-order chi connectivity index (χ0) is 23.2. The van der Waals surface area contributed by atoms with Crippen molar-refractivity contribution in [3.8, 4) is 0 Å². The molecule has 3 aliphatic rings. The lowest BCUT2D eigenvalue weighted by Gasteiger charge is -2.47. The molecule has 2 aromatic carbocycles. The van der Waals surface area contributed by atoms with Gasteiger partial charge in [0.1, 0.15) is 18.0 Å². The number of amides is 2. The van der Waals surface area contributed by atoms with Crippen molar-refractivity contribution < 1.29 is 28.7 Å². The molecule has 0 bridgehead atoms. The summed E-state index contributed by atoms with van der Waals surface area (Å²) in [5, 5.41) is 1.66. The smallest absolute Gasteiger partial charge is 0.374 e. The zero-order valence-electron chi connectivity index (χ0n) is 17.2. The van der Waals surface area contributed by atoms with Gasteiger partial charge in [0.25, 0.3) is 11.6 Å². The van der Waals surface area contributed by atoms with Crippen molar-refractivity contribution >= 4 is 51.4 Å². The van der Waals surface area contributed by atoms with Gasteiger partial charge in [-0.25, -0.2) is 4.79 Å². The Bertz CT molecular complexity index is 1130. The van der Waals surface area contributed by atoms with Crippen LogP contribution >= 0.6 is 27.7 Å². The van der Waals surface area contributed by atoms with Crippen molar-refractivity contribution in [1.29, 1.82) is 0 Å². The Kier molecular flexibility index (Phi) is 5.65. The summed E-state index contributed by atoms with van der Waals surface area (Å²) in [4.78, 5) is 51.9. The van der Waals surface area contributed by atoms with Crippen LogP contribution in [0.15, 0.2) is 59.1 Å². The second kappa shape index (κ2) is 8.49. The van der Waals surface area contributed by atoms with Crippen molar-refractivity contribution in [3.63, 3.8) is 0 Å². The standard InChI is InChI=1S/C23H19BrN2O6S/c24-15-8-6-14(7-9-15)12-31-22(30)23-16(11-18(28)32-23)33-21-19(20(29)26(21)23)25-17(27)10-13-4-2-1-3-5-13/h1-9,16,19,21H,10-12H2,(H,25,27)/t16-,19+,21+,23-/m0/s1. The molecule has 0 radical (unpaired) electrons. The predicted molar refractivity (Wildman–Crippen MR) is 121 cm³/mol. The van der Waals surface area contributed by atoms with Gasteiger partial charge >= 0.3 is 11.9 Å². The number of carbonyl (C=O) groups excluding carboxylic acids is 4. The molecule has 0 aromatic heterocycles. The number of carbonyl (C=O) groups is 4. The third-order valence-corrected chi connectivity index (χ3v) is 7.97. The fourth-order valence-electron chi connectivity index (χ4n) is 4.28. The van der Waals surface area contributed by atoms with Crippen LogP contribution in [0.25, 0.3) is 0 Å². The lowest BCUT2D eigenvalue weighted by Crippen LogP contribution is -2.75. The summed E-state index contributed by atoms with van der Waals surface area (Å²) in [7, 11) is 0. The Morgan fingerprint density at radius 1 is 1.12 bits per heavy atom. The molecule has 2 amide bonds. The second-order valence-corrected chi connectivity index (χ2v) is 10.2. The Morgan fingerprint density at radius 3 is 2.58 bits per heavy atom. The van der Waals surface area contributed by atoms with Gasteiger partial charge in [0.2, 0.25) is 5.91 Å².